The van der Waals surface area contributed by atoms with Gasteiger partial charge in [0.05, 0.1) is 6.07 Å². The van der Waals surface area contributed by atoms with E-state index >= 15 is 0 Å². The van der Waals surface area contributed by atoms with E-state index in [1.54, 1.807) is 6.07 Å². The van der Waals surface area contributed by atoms with Crippen LogP contribution in [0.3, 0.4) is 0 Å². The molecule has 0 saturated heterocycles. The Morgan fingerprint density at radius 3 is 2.43 bits per heavy atom. The molecule has 14 heavy (non-hydrogen) atoms. The van der Waals surface area contributed by atoms with Gasteiger partial charge in [0.2, 0.25) is 10.0 Å². The smallest absolute Gasteiger partial charge is 0.225 e. The Labute approximate surface area is 84.8 Å². The highest BCUT2D eigenvalue weighted by Gasteiger charge is 2.19. The molecule has 2 N–H and O–H groups in total. The number of rotatable bonds is 6. The molecule has 0 amide bonds. The van der Waals surface area contributed by atoms with Crippen molar-refractivity contribution in [3.05, 3.63) is 0 Å². The Morgan fingerprint density at radius 1 is 1.50 bits per heavy atom. The van der Waals surface area contributed by atoms with Crippen LogP contribution in [0.5, 0.6) is 0 Å². The van der Waals surface area contributed by atoms with Gasteiger partial charge < -0.3 is 5.11 Å². The van der Waals surface area contributed by atoms with Gasteiger partial charge >= 0.3 is 0 Å². The first kappa shape index (κ1) is 13.4. The van der Waals surface area contributed by atoms with Crippen LogP contribution in [0.1, 0.15) is 20.3 Å². The van der Waals surface area contributed by atoms with E-state index < -0.39 is 15.8 Å². The van der Waals surface area contributed by atoms with Crippen LogP contribution in [0.15, 0.2) is 0 Å². The van der Waals surface area contributed by atoms with Crippen molar-refractivity contribution in [3.8, 4) is 6.07 Å². The lowest BCUT2D eigenvalue weighted by molar-refractivity contribution is 0.256. The molecule has 0 fully saturated rings. The Balaban J connectivity index is 4.38. The third kappa shape index (κ3) is 5.17. The molecule has 0 radical (unpaired) electrons. The number of nitrogens with one attached hydrogen (secondary N) is 1. The van der Waals surface area contributed by atoms with Crippen LogP contribution < -0.4 is 4.72 Å². The lowest BCUT2D eigenvalue weighted by Gasteiger charge is -2.20. The molecule has 0 bridgehead atoms. The van der Waals surface area contributed by atoms with E-state index in [0.717, 1.165) is 0 Å². The lowest BCUT2D eigenvalue weighted by atomic mass is 10.0. The van der Waals surface area contributed by atoms with Gasteiger partial charge in [0, 0.05) is 12.6 Å². The predicted molar refractivity (Wildman–Crippen MR) is 52.9 cm³/mol. The van der Waals surface area contributed by atoms with Crippen LogP contribution in [-0.2, 0) is 10.0 Å². The van der Waals surface area contributed by atoms with E-state index in [-0.39, 0.29) is 18.6 Å². The number of aliphatic hydroxyl groups excluding tert-OH is 1. The van der Waals surface area contributed by atoms with E-state index in [9.17, 15) is 8.42 Å². The van der Waals surface area contributed by atoms with E-state index in [1.165, 1.54) is 0 Å². The Morgan fingerprint density at radius 2 is 2.07 bits per heavy atom. The summed E-state index contributed by atoms with van der Waals surface area (Å²) in [5.41, 5.74) is 0. The predicted octanol–water partition coefficient (Wildman–Crippen LogP) is -0.164. The van der Waals surface area contributed by atoms with Crippen LogP contribution >= 0.6 is 0 Å². The molecule has 5 nitrogen and oxygen atoms in total. The molecule has 82 valence electrons. The quantitative estimate of drug-likeness (QED) is 0.650. The maximum Gasteiger partial charge on any atom is 0.225 e. The molecular formula is C8H16N2O3S. The van der Waals surface area contributed by atoms with Gasteiger partial charge in [-0.2, -0.15) is 5.26 Å². The van der Waals surface area contributed by atoms with Crippen molar-refractivity contribution >= 4 is 10.0 Å². The number of nitriles is 1. The van der Waals surface area contributed by atoms with Gasteiger partial charge in [-0.1, -0.05) is 13.8 Å². The maximum absolute atomic E-state index is 11.2. The summed E-state index contributed by atoms with van der Waals surface area (Å²) in [6.07, 6.45) is 0.363. The normalized spacial score (nSPS) is 13.9. The first-order valence-electron chi connectivity index (χ1n) is 4.40. The summed E-state index contributed by atoms with van der Waals surface area (Å²) in [6.45, 7) is 3.64. The second kappa shape index (κ2) is 5.96. The van der Waals surface area contributed by atoms with Crippen molar-refractivity contribution < 1.29 is 13.5 Å². The van der Waals surface area contributed by atoms with Crippen molar-refractivity contribution in [2.24, 2.45) is 5.92 Å². The van der Waals surface area contributed by atoms with Crippen LogP contribution in [0.2, 0.25) is 0 Å². The summed E-state index contributed by atoms with van der Waals surface area (Å²) in [6, 6.07) is 1.27. The summed E-state index contributed by atoms with van der Waals surface area (Å²) in [5, 5.41) is 17.0. The molecule has 0 aromatic heterocycles. The lowest BCUT2D eigenvalue weighted by Crippen LogP contribution is -2.40. The minimum absolute atomic E-state index is 0.0715. The van der Waals surface area contributed by atoms with Crippen molar-refractivity contribution in [2.45, 2.75) is 26.3 Å². The molecule has 1 atom stereocenters. The van der Waals surface area contributed by atoms with Gasteiger partial charge in [-0.3, -0.25) is 0 Å². The zero-order valence-electron chi connectivity index (χ0n) is 8.40. The molecule has 0 aromatic carbocycles. The summed E-state index contributed by atoms with van der Waals surface area (Å²) in [4.78, 5) is 0. The van der Waals surface area contributed by atoms with Gasteiger partial charge in [-0.05, 0) is 12.3 Å². The fourth-order valence-corrected chi connectivity index (χ4v) is 2.13. The van der Waals surface area contributed by atoms with E-state index in [4.69, 9.17) is 10.4 Å². The number of hydrogen-bond donors (Lipinski definition) is 2. The highest BCUT2D eigenvalue weighted by molar-refractivity contribution is 7.89. The standard InChI is InChI=1S/C8H16N2O3S/c1-7(2)8(3-5-11)10-14(12,13)6-4-9/h7-8,10-11H,3,5-6H2,1-2H3. The number of nitrogens with zero attached hydrogens (tertiary/aromatic N) is 1. The highest BCUT2D eigenvalue weighted by Crippen LogP contribution is 2.06. The maximum atomic E-state index is 11.2. The topological polar surface area (TPSA) is 90.2 Å². The summed E-state index contributed by atoms with van der Waals surface area (Å²) >= 11 is 0. The summed E-state index contributed by atoms with van der Waals surface area (Å²) in [5.74, 6) is -0.447. The van der Waals surface area contributed by atoms with Crippen LogP contribution in [0, 0.1) is 17.2 Å². The fraction of sp³-hybridized carbons (Fsp3) is 0.875. The average Bonchev–Trinajstić information content (AvgIpc) is 2.02. The van der Waals surface area contributed by atoms with Gasteiger partial charge in [0.1, 0.15) is 0 Å². The molecule has 0 aliphatic rings. The van der Waals surface area contributed by atoms with Crippen molar-refractivity contribution in [1.29, 1.82) is 5.26 Å². The monoisotopic (exact) mass is 220 g/mol. The minimum atomic E-state index is -3.52. The SMILES string of the molecule is CC(C)C(CCO)NS(=O)(=O)CC#N. The van der Waals surface area contributed by atoms with Crippen LogP contribution in [-0.4, -0.2) is 31.9 Å². The van der Waals surface area contributed by atoms with Gasteiger partial charge in [0.25, 0.3) is 0 Å². The third-order valence-corrected chi connectivity index (χ3v) is 3.00. The molecule has 6 heteroatoms. The molecule has 0 aliphatic heterocycles. The number of aliphatic hydroxyl groups is 1. The summed E-state index contributed by atoms with van der Waals surface area (Å²) in [7, 11) is -3.52. The van der Waals surface area contributed by atoms with Crippen molar-refractivity contribution in [1.82, 2.24) is 4.72 Å². The first-order valence-corrected chi connectivity index (χ1v) is 6.06. The zero-order chi connectivity index (χ0) is 11.2. The minimum Gasteiger partial charge on any atom is -0.396 e. The second-order valence-corrected chi connectivity index (χ2v) is 5.15. The molecular weight excluding hydrogens is 204 g/mol. The number of hydrogen-bond acceptors (Lipinski definition) is 4. The Hall–Kier alpha value is -0.640. The largest absolute Gasteiger partial charge is 0.396 e. The Kier molecular flexibility index (Phi) is 5.69. The molecule has 0 spiro atoms. The summed E-state index contributed by atoms with van der Waals surface area (Å²) < 4.78 is 24.8. The van der Waals surface area contributed by atoms with E-state index in [1.807, 2.05) is 13.8 Å². The van der Waals surface area contributed by atoms with Crippen LogP contribution in [0.25, 0.3) is 0 Å². The molecule has 0 aliphatic carbocycles. The van der Waals surface area contributed by atoms with Gasteiger partial charge in [-0.15, -0.1) is 0 Å². The third-order valence-electron chi connectivity index (χ3n) is 1.83. The van der Waals surface area contributed by atoms with Gasteiger partial charge in [-0.25, -0.2) is 13.1 Å². The van der Waals surface area contributed by atoms with Gasteiger partial charge in [0.15, 0.2) is 5.75 Å². The van der Waals surface area contributed by atoms with Crippen LogP contribution in [0.4, 0.5) is 0 Å². The second-order valence-electron chi connectivity index (χ2n) is 3.40. The number of sulfonamides is 1. The molecule has 0 rings (SSSR count). The highest BCUT2D eigenvalue weighted by atomic mass is 32.2. The van der Waals surface area contributed by atoms with Crippen molar-refractivity contribution in [3.63, 3.8) is 0 Å². The molecule has 0 heterocycles. The first-order chi connectivity index (χ1) is 6.43. The molecule has 0 saturated carbocycles. The van der Waals surface area contributed by atoms with Crippen molar-refractivity contribution in [2.75, 3.05) is 12.4 Å². The molecule has 1 unspecified atom stereocenters. The van der Waals surface area contributed by atoms with E-state index in [0.29, 0.717) is 6.42 Å². The average molecular weight is 220 g/mol. The fourth-order valence-electron chi connectivity index (χ4n) is 1.02. The molecule has 0 aromatic rings. The van der Waals surface area contributed by atoms with E-state index in [2.05, 4.69) is 4.72 Å². The zero-order valence-corrected chi connectivity index (χ0v) is 9.21. The Bertz CT molecular complexity index is 292.